The predicted octanol–water partition coefficient (Wildman–Crippen LogP) is 5.52. The first-order chi connectivity index (χ1) is 18.9. The number of anilines is 2. The van der Waals surface area contributed by atoms with Crippen LogP contribution in [0.5, 0.6) is 0 Å². The standard InChI is InChI=1S/C32H28N4O3/c1-21-16-18-24(19-17-21)33-32(39)35-30-31(38)36(20-28(37)25-13-7-6-10-22(25)2)27-15-9-8-14-26(27)29(34-30)23-11-4-3-5-12-23/h3-19,30H,20H2,1-2H3,(H2,33,35,39)/t30-/m0/s1. The van der Waals surface area contributed by atoms with Gasteiger partial charge >= 0.3 is 6.03 Å². The van der Waals surface area contributed by atoms with Gasteiger partial charge in [-0.05, 0) is 37.6 Å². The first kappa shape index (κ1) is 25.6. The average Bonchev–Trinajstić information content (AvgIpc) is 3.05. The van der Waals surface area contributed by atoms with Crippen molar-refractivity contribution in [3.63, 3.8) is 0 Å². The lowest BCUT2D eigenvalue weighted by molar-refractivity contribution is -0.120. The molecule has 194 valence electrons. The normalized spacial score (nSPS) is 14.6. The van der Waals surface area contributed by atoms with Crippen molar-refractivity contribution in [2.24, 2.45) is 4.99 Å². The maximum atomic E-state index is 14.0. The van der Waals surface area contributed by atoms with Gasteiger partial charge in [0.2, 0.25) is 6.17 Å². The number of hydrogen-bond acceptors (Lipinski definition) is 4. The minimum Gasteiger partial charge on any atom is -0.308 e. The molecule has 3 amide bonds. The Morgan fingerprint density at radius 2 is 1.49 bits per heavy atom. The molecule has 4 aromatic rings. The molecular formula is C32H28N4O3. The fourth-order valence-electron chi connectivity index (χ4n) is 4.56. The summed E-state index contributed by atoms with van der Waals surface area (Å²) < 4.78 is 0. The van der Waals surface area contributed by atoms with Crippen LogP contribution in [0.25, 0.3) is 0 Å². The number of carbonyl (C=O) groups is 3. The zero-order valence-electron chi connectivity index (χ0n) is 21.7. The molecule has 1 heterocycles. The SMILES string of the molecule is Cc1ccc(NC(=O)N[C@@H]2N=C(c3ccccc3)c3ccccc3N(CC(=O)c3ccccc3C)C2=O)cc1. The minimum atomic E-state index is -1.26. The Labute approximate surface area is 227 Å². The predicted molar refractivity (Wildman–Crippen MR) is 154 cm³/mol. The number of fused-ring (bicyclic) bond motifs is 1. The number of rotatable bonds is 6. The minimum absolute atomic E-state index is 0.198. The zero-order valence-corrected chi connectivity index (χ0v) is 21.7. The van der Waals surface area contributed by atoms with Crippen molar-refractivity contribution in [1.82, 2.24) is 5.32 Å². The van der Waals surface area contributed by atoms with E-state index < -0.39 is 18.1 Å². The van der Waals surface area contributed by atoms with Gasteiger partial charge < -0.3 is 15.5 Å². The smallest absolute Gasteiger partial charge is 0.308 e. The first-order valence-electron chi connectivity index (χ1n) is 12.7. The third kappa shape index (κ3) is 5.62. The molecule has 0 radical (unpaired) electrons. The lowest BCUT2D eigenvalue weighted by Gasteiger charge is -2.25. The number of amides is 3. The van der Waals surface area contributed by atoms with Gasteiger partial charge in [-0.3, -0.25) is 9.59 Å². The molecule has 0 saturated carbocycles. The molecule has 0 saturated heterocycles. The van der Waals surface area contributed by atoms with Gasteiger partial charge in [-0.1, -0.05) is 90.5 Å². The summed E-state index contributed by atoms with van der Waals surface area (Å²) in [4.78, 5) is 46.6. The van der Waals surface area contributed by atoms with Crippen LogP contribution in [0.2, 0.25) is 0 Å². The van der Waals surface area contributed by atoms with Crippen LogP contribution in [0.3, 0.4) is 0 Å². The summed E-state index contributed by atoms with van der Waals surface area (Å²) >= 11 is 0. The summed E-state index contributed by atoms with van der Waals surface area (Å²) in [6, 6.07) is 30.9. The molecule has 0 bridgehead atoms. The molecule has 5 rings (SSSR count). The molecule has 1 aliphatic rings. The Balaban J connectivity index is 1.54. The number of hydrogen-bond donors (Lipinski definition) is 2. The zero-order chi connectivity index (χ0) is 27.4. The second kappa shape index (κ2) is 11.1. The Morgan fingerprint density at radius 3 is 2.23 bits per heavy atom. The van der Waals surface area contributed by atoms with Crippen LogP contribution in [0.15, 0.2) is 108 Å². The van der Waals surface area contributed by atoms with Crippen LogP contribution >= 0.6 is 0 Å². The highest BCUT2D eigenvalue weighted by atomic mass is 16.2. The van der Waals surface area contributed by atoms with Crippen LogP contribution in [0.1, 0.15) is 32.6 Å². The molecule has 7 nitrogen and oxygen atoms in total. The van der Waals surface area contributed by atoms with E-state index >= 15 is 0 Å². The number of ketones is 1. The van der Waals surface area contributed by atoms with Crippen molar-refractivity contribution in [3.8, 4) is 0 Å². The fraction of sp³-hybridized carbons (Fsp3) is 0.125. The Bertz CT molecular complexity index is 1560. The van der Waals surface area contributed by atoms with E-state index in [0.717, 1.165) is 16.7 Å². The summed E-state index contributed by atoms with van der Waals surface area (Å²) in [7, 11) is 0. The summed E-state index contributed by atoms with van der Waals surface area (Å²) in [5, 5.41) is 5.49. The van der Waals surface area contributed by atoms with E-state index in [-0.39, 0.29) is 12.3 Å². The van der Waals surface area contributed by atoms with E-state index in [9.17, 15) is 14.4 Å². The third-order valence-electron chi connectivity index (χ3n) is 6.58. The van der Waals surface area contributed by atoms with E-state index in [0.29, 0.717) is 28.2 Å². The van der Waals surface area contributed by atoms with Crippen LogP contribution in [-0.4, -0.2) is 36.1 Å². The molecule has 2 N–H and O–H groups in total. The number of nitrogens with one attached hydrogen (secondary N) is 2. The highest BCUT2D eigenvalue weighted by Gasteiger charge is 2.34. The van der Waals surface area contributed by atoms with Gasteiger partial charge in [-0.15, -0.1) is 0 Å². The van der Waals surface area contributed by atoms with E-state index in [1.807, 2.05) is 86.6 Å². The molecule has 39 heavy (non-hydrogen) atoms. The molecule has 0 unspecified atom stereocenters. The largest absolute Gasteiger partial charge is 0.321 e. The second-order valence-corrected chi connectivity index (χ2v) is 9.39. The van der Waals surface area contributed by atoms with E-state index in [1.54, 1.807) is 30.3 Å². The molecule has 7 heteroatoms. The van der Waals surface area contributed by atoms with Gasteiger partial charge in [-0.2, -0.15) is 0 Å². The van der Waals surface area contributed by atoms with Gasteiger partial charge in [0, 0.05) is 22.4 Å². The second-order valence-electron chi connectivity index (χ2n) is 9.39. The van der Waals surface area contributed by atoms with Crippen LogP contribution in [0.4, 0.5) is 16.2 Å². The average molecular weight is 517 g/mol. The van der Waals surface area contributed by atoms with Crippen LogP contribution < -0.4 is 15.5 Å². The highest BCUT2D eigenvalue weighted by molar-refractivity contribution is 6.21. The van der Waals surface area contributed by atoms with E-state index in [2.05, 4.69) is 10.6 Å². The third-order valence-corrected chi connectivity index (χ3v) is 6.58. The lowest BCUT2D eigenvalue weighted by atomic mass is 9.99. The van der Waals surface area contributed by atoms with Crippen LogP contribution in [0, 0.1) is 13.8 Å². The summed E-state index contributed by atoms with van der Waals surface area (Å²) in [5.74, 6) is -0.711. The fourth-order valence-corrected chi connectivity index (χ4v) is 4.56. The van der Waals surface area contributed by atoms with Crippen molar-refractivity contribution in [2.45, 2.75) is 20.0 Å². The maximum Gasteiger partial charge on any atom is 0.321 e. The van der Waals surface area contributed by atoms with Crippen molar-refractivity contribution >= 4 is 34.8 Å². The molecule has 0 aromatic heterocycles. The maximum absolute atomic E-state index is 14.0. The Hall–Kier alpha value is -5.04. The quantitative estimate of drug-likeness (QED) is 0.331. The van der Waals surface area contributed by atoms with Crippen molar-refractivity contribution in [2.75, 3.05) is 16.8 Å². The molecule has 0 fully saturated rings. The molecule has 1 aliphatic heterocycles. The van der Waals surface area contributed by atoms with Crippen LogP contribution in [-0.2, 0) is 4.79 Å². The number of Topliss-reactive ketones (excluding diaryl/α,β-unsaturated/α-hetero) is 1. The van der Waals surface area contributed by atoms with Crippen molar-refractivity contribution in [3.05, 3.63) is 131 Å². The number of nitrogens with zero attached hydrogens (tertiary/aromatic N) is 2. The number of aliphatic imine (C=N–C) groups is 1. The number of benzodiazepines with no additional fused rings is 1. The Morgan fingerprint density at radius 1 is 0.821 bits per heavy atom. The molecule has 0 aliphatic carbocycles. The first-order valence-corrected chi connectivity index (χ1v) is 12.7. The van der Waals surface area contributed by atoms with Gasteiger partial charge in [0.15, 0.2) is 5.78 Å². The molecule has 0 spiro atoms. The van der Waals surface area contributed by atoms with Gasteiger partial charge in [0.25, 0.3) is 5.91 Å². The van der Waals surface area contributed by atoms with Gasteiger partial charge in [0.05, 0.1) is 17.9 Å². The van der Waals surface area contributed by atoms with Gasteiger partial charge in [-0.25, -0.2) is 9.79 Å². The number of aryl methyl sites for hydroxylation is 2. The van der Waals surface area contributed by atoms with E-state index in [4.69, 9.17) is 4.99 Å². The Kier molecular flexibility index (Phi) is 7.32. The summed E-state index contributed by atoms with van der Waals surface area (Å²) in [6.45, 7) is 3.62. The van der Waals surface area contributed by atoms with Gasteiger partial charge in [0.1, 0.15) is 0 Å². The number of carbonyl (C=O) groups excluding carboxylic acids is 3. The summed E-state index contributed by atoms with van der Waals surface area (Å²) in [6.07, 6.45) is -1.26. The monoisotopic (exact) mass is 516 g/mol. The lowest BCUT2D eigenvalue weighted by Crippen LogP contribution is -2.50. The van der Waals surface area contributed by atoms with Crippen molar-refractivity contribution in [1.29, 1.82) is 0 Å². The number of urea groups is 1. The van der Waals surface area contributed by atoms with E-state index in [1.165, 1.54) is 4.90 Å². The summed E-state index contributed by atoms with van der Waals surface area (Å²) in [5.41, 5.74) is 5.59. The highest BCUT2D eigenvalue weighted by Crippen LogP contribution is 2.29. The number of benzene rings is 4. The molecule has 1 atom stereocenters. The number of para-hydroxylation sites is 1. The van der Waals surface area contributed by atoms with Crippen molar-refractivity contribution < 1.29 is 14.4 Å². The molecular weight excluding hydrogens is 488 g/mol. The molecule has 4 aromatic carbocycles. The topological polar surface area (TPSA) is 90.9 Å².